The lowest BCUT2D eigenvalue weighted by Crippen LogP contribution is -2.44. The molecule has 10 heteroatoms. The number of halogens is 3. The summed E-state index contributed by atoms with van der Waals surface area (Å²) in [5, 5.41) is 6.43. The Labute approximate surface area is 205 Å². The highest BCUT2D eigenvalue weighted by molar-refractivity contribution is 14.0. The third-order valence-corrected chi connectivity index (χ3v) is 5.20. The zero-order valence-electron chi connectivity index (χ0n) is 18.6. The minimum Gasteiger partial charge on any atom is -0.434 e. The van der Waals surface area contributed by atoms with E-state index in [-0.39, 0.29) is 29.7 Å². The predicted octanol–water partition coefficient (Wildman–Crippen LogP) is 3.23. The van der Waals surface area contributed by atoms with E-state index in [1.54, 1.807) is 19.2 Å². The molecule has 0 unspecified atom stereocenters. The van der Waals surface area contributed by atoms with E-state index in [9.17, 15) is 8.78 Å². The average Bonchev–Trinajstić information content (AvgIpc) is 2.76. The number of likely N-dealkylation sites (N-methyl/N-ethyl adjacent to an activating group) is 1. The van der Waals surface area contributed by atoms with Gasteiger partial charge in [0.25, 0.3) is 0 Å². The molecule has 0 atom stereocenters. The molecule has 1 aromatic carbocycles. The highest BCUT2D eigenvalue weighted by atomic mass is 127. The number of hydrogen-bond acceptors (Lipinski definition) is 5. The quantitative estimate of drug-likeness (QED) is 0.308. The molecular weight excluding hydrogens is 529 g/mol. The molecule has 0 radical (unpaired) electrons. The number of nitrogens with one attached hydrogen (secondary N) is 2. The number of hydrogen-bond donors (Lipinski definition) is 2. The summed E-state index contributed by atoms with van der Waals surface area (Å²) in [7, 11) is 3.80. The van der Waals surface area contributed by atoms with Crippen molar-refractivity contribution < 1.29 is 13.5 Å². The molecule has 7 nitrogen and oxygen atoms in total. The van der Waals surface area contributed by atoms with Gasteiger partial charge in [0.2, 0.25) is 0 Å². The lowest BCUT2D eigenvalue weighted by atomic mass is 10.1. The molecule has 1 saturated heterocycles. The van der Waals surface area contributed by atoms with Crippen molar-refractivity contribution in [1.29, 1.82) is 0 Å². The summed E-state index contributed by atoms with van der Waals surface area (Å²) >= 11 is 0. The molecule has 0 saturated carbocycles. The molecular formula is C22H31F2IN6O. The number of ether oxygens (including phenoxy) is 1. The standard InChI is InChI=1S/C22H30F2N6O.HI/c1-16-4-5-19(31-21(23)24)18(12-16)15-28-22(25-2)27-14-17-6-7-26-20(13-17)30-10-8-29(3)9-11-30;/h4-7,12-13,21H,8-11,14-15H2,1-3H3,(H2,25,27,28);1H. The van der Waals surface area contributed by atoms with Gasteiger partial charge in [0.1, 0.15) is 11.6 Å². The molecule has 0 amide bonds. The van der Waals surface area contributed by atoms with Gasteiger partial charge in [-0.1, -0.05) is 17.7 Å². The first-order valence-corrected chi connectivity index (χ1v) is 10.3. The van der Waals surface area contributed by atoms with Crippen molar-refractivity contribution in [2.24, 2.45) is 4.99 Å². The second kappa shape index (κ2) is 12.7. The van der Waals surface area contributed by atoms with E-state index < -0.39 is 6.61 Å². The van der Waals surface area contributed by atoms with Crippen LogP contribution in [0.15, 0.2) is 41.5 Å². The largest absolute Gasteiger partial charge is 0.434 e. The van der Waals surface area contributed by atoms with Gasteiger partial charge in [-0.05, 0) is 37.7 Å². The Balaban J connectivity index is 0.00000363. The molecule has 1 fully saturated rings. The molecule has 176 valence electrons. The van der Waals surface area contributed by atoms with Gasteiger partial charge in [-0.2, -0.15) is 8.78 Å². The van der Waals surface area contributed by atoms with Crippen LogP contribution in [0.1, 0.15) is 16.7 Å². The molecule has 1 aliphatic rings. The van der Waals surface area contributed by atoms with E-state index in [2.05, 4.69) is 48.3 Å². The number of aromatic nitrogens is 1. The first-order valence-electron chi connectivity index (χ1n) is 10.3. The van der Waals surface area contributed by atoms with Crippen molar-refractivity contribution in [2.75, 3.05) is 45.2 Å². The lowest BCUT2D eigenvalue weighted by Gasteiger charge is -2.33. The maximum Gasteiger partial charge on any atom is 0.387 e. The van der Waals surface area contributed by atoms with E-state index in [1.807, 2.05) is 25.3 Å². The minimum atomic E-state index is -2.86. The van der Waals surface area contributed by atoms with E-state index in [0.717, 1.165) is 43.1 Å². The first kappa shape index (κ1) is 26.0. The smallest absolute Gasteiger partial charge is 0.387 e. The summed E-state index contributed by atoms with van der Waals surface area (Å²) in [5.41, 5.74) is 2.70. The fourth-order valence-electron chi connectivity index (χ4n) is 3.42. The summed E-state index contributed by atoms with van der Waals surface area (Å²) in [4.78, 5) is 13.3. The summed E-state index contributed by atoms with van der Waals surface area (Å²) in [5.74, 6) is 1.71. The Morgan fingerprint density at radius 1 is 1.12 bits per heavy atom. The highest BCUT2D eigenvalue weighted by Gasteiger charge is 2.15. The Morgan fingerprint density at radius 3 is 2.53 bits per heavy atom. The van der Waals surface area contributed by atoms with Gasteiger partial charge in [0.15, 0.2) is 5.96 Å². The number of nitrogens with zero attached hydrogens (tertiary/aromatic N) is 4. The maximum atomic E-state index is 12.7. The number of anilines is 1. The number of aryl methyl sites for hydroxylation is 1. The summed E-state index contributed by atoms with van der Waals surface area (Å²) in [6.45, 7) is 3.90. The summed E-state index contributed by atoms with van der Waals surface area (Å²) < 4.78 is 30.0. The van der Waals surface area contributed by atoms with Gasteiger partial charge in [0, 0.05) is 58.1 Å². The van der Waals surface area contributed by atoms with Crippen molar-refractivity contribution in [1.82, 2.24) is 20.5 Å². The van der Waals surface area contributed by atoms with Gasteiger partial charge in [-0.25, -0.2) is 4.98 Å². The zero-order chi connectivity index (χ0) is 22.2. The van der Waals surface area contributed by atoms with Crippen LogP contribution >= 0.6 is 24.0 Å². The normalized spacial score (nSPS) is 14.8. The first-order chi connectivity index (χ1) is 14.9. The summed E-state index contributed by atoms with van der Waals surface area (Å²) in [6.07, 6.45) is 1.82. The molecule has 2 heterocycles. The zero-order valence-corrected chi connectivity index (χ0v) is 21.0. The second-order valence-electron chi connectivity index (χ2n) is 7.58. The fourth-order valence-corrected chi connectivity index (χ4v) is 3.42. The molecule has 3 rings (SSSR count). The Bertz CT molecular complexity index is 890. The van der Waals surface area contributed by atoms with E-state index >= 15 is 0 Å². The Kier molecular flexibility index (Phi) is 10.4. The van der Waals surface area contributed by atoms with Crippen molar-refractivity contribution >= 4 is 35.8 Å². The SMILES string of the molecule is CN=C(NCc1ccnc(N2CCN(C)CC2)c1)NCc1cc(C)ccc1OC(F)F.I. The molecule has 1 aromatic heterocycles. The minimum absolute atomic E-state index is 0. The van der Waals surface area contributed by atoms with E-state index in [4.69, 9.17) is 0 Å². The number of alkyl halides is 2. The number of rotatable bonds is 7. The topological polar surface area (TPSA) is 65.0 Å². The van der Waals surface area contributed by atoms with Crippen LogP contribution in [0.3, 0.4) is 0 Å². The third kappa shape index (κ3) is 7.73. The van der Waals surface area contributed by atoms with Gasteiger partial charge in [0.05, 0.1) is 0 Å². The van der Waals surface area contributed by atoms with Gasteiger partial charge in [-0.15, -0.1) is 24.0 Å². The average molecular weight is 560 g/mol. The molecule has 2 aromatic rings. The van der Waals surface area contributed by atoms with Crippen LogP contribution < -0.4 is 20.3 Å². The van der Waals surface area contributed by atoms with Crippen molar-refractivity contribution in [2.45, 2.75) is 26.6 Å². The van der Waals surface area contributed by atoms with Crippen LogP contribution in [0.25, 0.3) is 0 Å². The van der Waals surface area contributed by atoms with Gasteiger partial charge >= 0.3 is 6.61 Å². The van der Waals surface area contributed by atoms with Crippen LogP contribution in [-0.2, 0) is 13.1 Å². The van der Waals surface area contributed by atoms with E-state index in [0.29, 0.717) is 24.6 Å². The van der Waals surface area contributed by atoms with Crippen LogP contribution in [0.2, 0.25) is 0 Å². The highest BCUT2D eigenvalue weighted by Crippen LogP contribution is 2.22. The van der Waals surface area contributed by atoms with Gasteiger partial charge in [-0.3, -0.25) is 4.99 Å². The van der Waals surface area contributed by atoms with Crippen molar-refractivity contribution in [3.63, 3.8) is 0 Å². The molecule has 2 N–H and O–H groups in total. The molecule has 0 spiro atoms. The van der Waals surface area contributed by atoms with Crippen molar-refractivity contribution in [3.05, 3.63) is 53.2 Å². The Hall–Kier alpha value is -2.21. The number of guanidine groups is 1. The molecule has 0 bridgehead atoms. The van der Waals surface area contributed by atoms with Crippen LogP contribution in [0, 0.1) is 6.92 Å². The van der Waals surface area contributed by atoms with Crippen LogP contribution in [-0.4, -0.2) is 62.7 Å². The molecule has 1 aliphatic heterocycles. The monoisotopic (exact) mass is 560 g/mol. The van der Waals surface area contributed by atoms with Crippen molar-refractivity contribution in [3.8, 4) is 5.75 Å². The molecule has 32 heavy (non-hydrogen) atoms. The fraction of sp³-hybridized carbons (Fsp3) is 0.455. The van der Waals surface area contributed by atoms with E-state index in [1.165, 1.54) is 0 Å². The third-order valence-electron chi connectivity index (χ3n) is 5.20. The predicted molar refractivity (Wildman–Crippen MR) is 134 cm³/mol. The maximum absolute atomic E-state index is 12.7. The number of piperazine rings is 1. The summed E-state index contributed by atoms with van der Waals surface area (Å²) in [6, 6.07) is 9.18. The Morgan fingerprint density at radius 2 is 1.84 bits per heavy atom. The van der Waals surface area contributed by atoms with Crippen LogP contribution in [0.4, 0.5) is 14.6 Å². The molecule has 0 aliphatic carbocycles. The number of aliphatic imine (C=N–C) groups is 1. The van der Waals surface area contributed by atoms with Crippen LogP contribution in [0.5, 0.6) is 5.75 Å². The number of benzene rings is 1. The van der Waals surface area contributed by atoms with Gasteiger partial charge < -0.3 is 25.2 Å². The number of pyridine rings is 1. The second-order valence-corrected chi connectivity index (χ2v) is 7.58. The lowest BCUT2D eigenvalue weighted by molar-refractivity contribution is -0.0504.